The maximum absolute atomic E-state index is 12.5. The maximum Gasteiger partial charge on any atom is 0.308 e. The summed E-state index contributed by atoms with van der Waals surface area (Å²) in [7, 11) is 0. The molecule has 1 fully saturated rings. The van der Waals surface area contributed by atoms with Crippen molar-refractivity contribution >= 4 is 11.9 Å². The summed E-state index contributed by atoms with van der Waals surface area (Å²) >= 11 is 0. The number of hydrogen-bond acceptors (Lipinski definition) is 3. The summed E-state index contributed by atoms with van der Waals surface area (Å²) in [5, 5.41) is 9.02. The Labute approximate surface area is 128 Å². The average Bonchev–Trinajstić information content (AvgIpc) is 3.18. The van der Waals surface area contributed by atoms with E-state index < -0.39 is 11.9 Å². The SMILES string of the molecule is O=C(O)C1CCN(C(=O)c2cccc(Cn3ccnc3)c2)C1. The van der Waals surface area contributed by atoms with Crippen molar-refractivity contribution in [2.75, 3.05) is 13.1 Å². The minimum atomic E-state index is -0.829. The van der Waals surface area contributed by atoms with E-state index in [1.54, 1.807) is 23.5 Å². The fraction of sp³-hybridized carbons (Fsp3) is 0.312. The van der Waals surface area contributed by atoms with Gasteiger partial charge in [-0.15, -0.1) is 0 Å². The van der Waals surface area contributed by atoms with E-state index in [2.05, 4.69) is 4.98 Å². The van der Waals surface area contributed by atoms with Crippen LogP contribution < -0.4 is 0 Å². The Morgan fingerprint density at radius 2 is 2.23 bits per heavy atom. The van der Waals surface area contributed by atoms with Crippen LogP contribution in [0.2, 0.25) is 0 Å². The van der Waals surface area contributed by atoms with E-state index >= 15 is 0 Å². The highest BCUT2D eigenvalue weighted by Gasteiger charge is 2.31. The van der Waals surface area contributed by atoms with Crippen molar-refractivity contribution in [3.05, 3.63) is 54.1 Å². The Bertz CT molecular complexity index is 682. The van der Waals surface area contributed by atoms with E-state index in [1.165, 1.54) is 0 Å². The van der Waals surface area contributed by atoms with Gasteiger partial charge in [0.15, 0.2) is 0 Å². The third-order valence-electron chi connectivity index (χ3n) is 3.92. The zero-order valence-electron chi connectivity index (χ0n) is 12.1. The number of likely N-dealkylation sites (tertiary alicyclic amines) is 1. The molecule has 0 aliphatic carbocycles. The molecule has 1 aromatic heterocycles. The lowest BCUT2D eigenvalue weighted by Crippen LogP contribution is -2.30. The Morgan fingerprint density at radius 1 is 1.36 bits per heavy atom. The van der Waals surface area contributed by atoms with Crippen molar-refractivity contribution < 1.29 is 14.7 Å². The van der Waals surface area contributed by atoms with Gasteiger partial charge in [-0.25, -0.2) is 4.98 Å². The molecule has 2 heterocycles. The van der Waals surface area contributed by atoms with Gasteiger partial charge in [0.1, 0.15) is 0 Å². The highest BCUT2D eigenvalue weighted by atomic mass is 16.4. The molecule has 6 nitrogen and oxygen atoms in total. The minimum Gasteiger partial charge on any atom is -0.481 e. The van der Waals surface area contributed by atoms with E-state index in [0.717, 1.165) is 5.56 Å². The number of aliphatic carboxylic acids is 1. The quantitative estimate of drug-likeness (QED) is 0.928. The van der Waals surface area contributed by atoms with Crippen molar-refractivity contribution in [1.82, 2.24) is 14.5 Å². The predicted octanol–water partition coefficient (Wildman–Crippen LogP) is 1.48. The second kappa shape index (κ2) is 6.01. The van der Waals surface area contributed by atoms with Gasteiger partial charge in [0.25, 0.3) is 5.91 Å². The van der Waals surface area contributed by atoms with E-state index in [0.29, 0.717) is 31.6 Å². The van der Waals surface area contributed by atoms with Crippen LogP contribution in [-0.4, -0.2) is 44.5 Å². The third-order valence-corrected chi connectivity index (χ3v) is 3.92. The van der Waals surface area contributed by atoms with Crippen LogP contribution in [0, 0.1) is 5.92 Å². The normalized spacial score (nSPS) is 17.6. The first kappa shape index (κ1) is 14.3. The van der Waals surface area contributed by atoms with Crippen LogP contribution >= 0.6 is 0 Å². The summed E-state index contributed by atoms with van der Waals surface area (Å²) in [5.41, 5.74) is 1.61. The first-order chi connectivity index (χ1) is 10.6. The molecular weight excluding hydrogens is 282 g/mol. The number of rotatable bonds is 4. The summed E-state index contributed by atoms with van der Waals surface area (Å²) in [5.74, 6) is -1.38. The molecule has 22 heavy (non-hydrogen) atoms. The molecule has 1 aliphatic heterocycles. The molecule has 1 unspecified atom stereocenters. The Morgan fingerprint density at radius 3 is 2.91 bits per heavy atom. The molecule has 2 aromatic rings. The lowest BCUT2D eigenvalue weighted by Gasteiger charge is -2.16. The number of carbonyl (C=O) groups is 2. The van der Waals surface area contributed by atoms with Gasteiger partial charge in [0.05, 0.1) is 12.2 Å². The summed E-state index contributed by atoms with van der Waals surface area (Å²) in [6.45, 7) is 1.44. The lowest BCUT2D eigenvalue weighted by molar-refractivity contribution is -0.141. The van der Waals surface area contributed by atoms with Crippen LogP contribution in [0.15, 0.2) is 43.0 Å². The van der Waals surface area contributed by atoms with Gasteiger partial charge >= 0.3 is 5.97 Å². The van der Waals surface area contributed by atoms with Crippen LogP contribution in [0.3, 0.4) is 0 Å². The second-order valence-electron chi connectivity index (χ2n) is 5.51. The number of hydrogen-bond donors (Lipinski definition) is 1. The fourth-order valence-electron chi connectivity index (χ4n) is 2.72. The number of carboxylic acid groups (broad SMARTS) is 1. The van der Waals surface area contributed by atoms with Gasteiger partial charge in [-0.05, 0) is 24.1 Å². The molecule has 1 saturated heterocycles. The number of imidazole rings is 1. The van der Waals surface area contributed by atoms with Crippen LogP contribution in [-0.2, 0) is 11.3 Å². The van der Waals surface area contributed by atoms with Crippen LogP contribution in [0.25, 0.3) is 0 Å². The third kappa shape index (κ3) is 3.00. The Kier molecular flexibility index (Phi) is 3.91. The second-order valence-corrected chi connectivity index (χ2v) is 5.51. The summed E-state index contributed by atoms with van der Waals surface area (Å²) in [6.07, 6.45) is 5.83. The van der Waals surface area contributed by atoms with Crippen molar-refractivity contribution in [2.45, 2.75) is 13.0 Å². The van der Waals surface area contributed by atoms with Gasteiger partial charge in [-0.2, -0.15) is 0 Å². The molecular formula is C16H17N3O3. The number of carboxylic acids is 1. The first-order valence-corrected chi connectivity index (χ1v) is 7.20. The monoisotopic (exact) mass is 299 g/mol. The summed E-state index contributed by atoms with van der Waals surface area (Å²) < 4.78 is 1.93. The minimum absolute atomic E-state index is 0.101. The van der Waals surface area contributed by atoms with Crippen molar-refractivity contribution in [1.29, 1.82) is 0 Å². The average molecular weight is 299 g/mol. The number of amides is 1. The van der Waals surface area contributed by atoms with E-state index in [-0.39, 0.29) is 5.91 Å². The van der Waals surface area contributed by atoms with Crippen LogP contribution in [0.1, 0.15) is 22.3 Å². The summed E-state index contributed by atoms with van der Waals surface area (Å²) in [6, 6.07) is 7.44. The van der Waals surface area contributed by atoms with E-state index in [9.17, 15) is 9.59 Å². The van der Waals surface area contributed by atoms with Gasteiger partial charge in [0, 0.05) is 37.6 Å². The number of aromatic nitrogens is 2. The van der Waals surface area contributed by atoms with Gasteiger partial charge < -0.3 is 14.6 Å². The smallest absolute Gasteiger partial charge is 0.308 e. The van der Waals surface area contributed by atoms with Crippen molar-refractivity contribution in [2.24, 2.45) is 5.92 Å². The van der Waals surface area contributed by atoms with Gasteiger partial charge in [0.2, 0.25) is 0 Å². The standard InChI is InChI=1S/C16H17N3O3/c20-15(19-6-4-14(10-19)16(21)22)13-3-1-2-12(8-13)9-18-7-5-17-11-18/h1-3,5,7-8,11,14H,4,6,9-10H2,(H,21,22). The van der Waals surface area contributed by atoms with Crippen molar-refractivity contribution in [3.63, 3.8) is 0 Å². The zero-order chi connectivity index (χ0) is 15.5. The number of carbonyl (C=O) groups excluding carboxylic acids is 1. The van der Waals surface area contributed by atoms with E-state index in [4.69, 9.17) is 5.11 Å². The first-order valence-electron chi connectivity index (χ1n) is 7.20. The van der Waals surface area contributed by atoms with Gasteiger partial charge in [-0.3, -0.25) is 9.59 Å². The number of nitrogens with zero attached hydrogens (tertiary/aromatic N) is 3. The molecule has 114 valence electrons. The van der Waals surface area contributed by atoms with Crippen LogP contribution in [0.5, 0.6) is 0 Å². The molecule has 1 aliphatic rings. The maximum atomic E-state index is 12.5. The fourth-order valence-corrected chi connectivity index (χ4v) is 2.72. The Hall–Kier alpha value is -2.63. The topological polar surface area (TPSA) is 75.4 Å². The molecule has 1 atom stereocenters. The largest absolute Gasteiger partial charge is 0.481 e. The molecule has 6 heteroatoms. The molecule has 3 rings (SSSR count). The van der Waals surface area contributed by atoms with E-state index in [1.807, 2.05) is 29.0 Å². The highest BCUT2D eigenvalue weighted by molar-refractivity contribution is 5.95. The molecule has 0 saturated carbocycles. The molecule has 1 N–H and O–H groups in total. The van der Waals surface area contributed by atoms with Gasteiger partial charge in [-0.1, -0.05) is 12.1 Å². The predicted molar refractivity (Wildman–Crippen MR) is 79.4 cm³/mol. The molecule has 1 aromatic carbocycles. The molecule has 0 spiro atoms. The van der Waals surface area contributed by atoms with Crippen LogP contribution in [0.4, 0.5) is 0 Å². The summed E-state index contributed by atoms with van der Waals surface area (Å²) in [4.78, 5) is 29.1. The Balaban J connectivity index is 1.72. The lowest BCUT2D eigenvalue weighted by atomic mass is 10.1. The molecule has 1 amide bonds. The zero-order valence-corrected chi connectivity index (χ0v) is 12.1. The highest BCUT2D eigenvalue weighted by Crippen LogP contribution is 2.19. The molecule has 0 radical (unpaired) electrons. The molecule has 0 bridgehead atoms. The van der Waals surface area contributed by atoms with Crippen molar-refractivity contribution in [3.8, 4) is 0 Å². The number of benzene rings is 1.